The molecule has 1 fully saturated rings. The second kappa shape index (κ2) is 13.9. The van der Waals surface area contributed by atoms with E-state index in [0.717, 1.165) is 22.2 Å². The van der Waals surface area contributed by atoms with Crippen LogP contribution in [0, 0.1) is 0 Å². The molecule has 0 aliphatic carbocycles. The lowest BCUT2D eigenvalue weighted by molar-refractivity contribution is -0.00151. The molecule has 2 atom stereocenters. The van der Waals surface area contributed by atoms with Crippen LogP contribution in [0.15, 0.2) is 95.8 Å². The summed E-state index contributed by atoms with van der Waals surface area (Å²) in [5.74, 6) is 0.451. The monoisotopic (exact) mass is 650 g/mol. The van der Waals surface area contributed by atoms with Gasteiger partial charge in [-0.1, -0.05) is 66.7 Å². The van der Waals surface area contributed by atoms with E-state index < -0.39 is 17.8 Å². The highest BCUT2D eigenvalue weighted by atomic mass is 16.6. The minimum Gasteiger partial charge on any atom is -0.473 e. The number of imidazole rings is 1. The van der Waals surface area contributed by atoms with E-state index in [1.54, 1.807) is 26.2 Å². The number of piperidine rings is 1. The van der Waals surface area contributed by atoms with Crippen molar-refractivity contribution >= 4 is 17.1 Å². The van der Waals surface area contributed by atoms with Gasteiger partial charge in [0.15, 0.2) is 0 Å². The van der Waals surface area contributed by atoms with E-state index >= 15 is 0 Å². The number of β-amino-alcohol motifs (C(OH)–C–C–N with tert-alkyl or cyclic N) is 1. The molecule has 48 heavy (non-hydrogen) atoms. The number of carbonyl (C=O) groups excluding carboxylic acids is 1. The van der Waals surface area contributed by atoms with Crippen molar-refractivity contribution in [2.45, 2.75) is 71.5 Å². The number of hydrogen-bond acceptors (Lipinski definition) is 7. The average molecular weight is 651 g/mol. The molecule has 6 rings (SSSR count). The Hall–Kier alpha value is -5.09. The van der Waals surface area contributed by atoms with E-state index in [2.05, 4.69) is 0 Å². The van der Waals surface area contributed by atoms with Crippen LogP contribution in [0.3, 0.4) is 0 Å². The van der Waals surface area contributed by atoms with Crippen LogP contribution in [-0.2, 0) is 24.5 Å². The largest absolute Gasteiger partial charge is 0.473 e. The van der Waals surface area contributed by atoms with Gasteiger partial charge in [0.25, 0.3) is 0 Å². The molecule has 2 aromatic heterocycles. The van der Waals surface area contributed by atoms with Crippen molar-refractivity contribution in [2.24, 2.45) is 0 Å². The van der Waals surface area contributed by atoms with Crippen molar-refractivity contribution in [3.63, 3.8) is 0 Å². The number of carbonyl (C=O) groups is 1. The fourth-order valence-electron chi connectivity index (χ4n) is 6.08. The summed E-state index contributed by atoms with van der Waals surface area (Å²) in [6.45, 7) is 9.07. The molecule has 1 N–H and O–H groups in total. The maximum atomic E-state index is 14.0. The van der Waals surface area contributed by atoms with Crippen LogP contribution in [0.2, 0.25) is 0 Å². The Kier molecular flexibility index (Phi) is 9.54. The van der Waals surface area contributed by atoms with E-state index in [-0.39, 0.29) is 30.6 Å². The first-order valence-corrected chi connectivity index (χ1v) is 16.4. The number of aromatic nitrogens is 3. The molecule has 1 amide bonds. The zero-order valence-electron chi connectivity index (χ0n) is 27.8. The predicted molar refractivity (Wildman–Crippen MR) is 184 cm³/mol. The van der Waals surface area contributed by atoms with Gasteiger partial charge in [-0.3, -0.25) is 9.13 Å². The number of aliphatic hydroxyl groups excluding tert-OH is 1. The van der Waals surface area contributed by atoms with Crippen molar-refractivity contribution in [1.29, 1.82) is 0 Å². The van der Waals surface area contributed by atoms with Gasteiger partial charge in [-0.05, 0) is 69.0 Å². The molecule has 10 nitrogen and oxygen atoms in total. The van der Waals surface area contributed by atoms with Crippen molar-refractivity contribution in [1.82, 2.24) is 19.0 Å². The van der Waals surface area contributed by atoms with Crippen molar-refractivity contribution in [2.75, 3.05) is 13.1 Å². The minimum atomic E-state index is -0.779. The van der Waals surface area contributed by atoms with Crippen molar-refractivity contribution < 1.29 is 24.1 Å². The van der Waals surface area contributed by atoms with Gasteiger partial charge in [0.1, 0.15) is 24.5 Å². The van der Waals surface area contributed by atoms with E-state index in [0.29, 0.717) is 43.2 Å². The van der Waals surface area contributed by atoms with Gasteiger partial charge in [-0.25, -0.2) is 9.59 Å². The number of hydrogen-bond donors (Lipinski definition) is 1. The summed E-state index contributed by atoms with van der Waals surface area (Å²) in [7, 11) is 0. The highest BCUT2D eigenvalue weighted by molar-refractivity contribution is 5.80. The Bertz CT molecular complexity index is 1930. The second-order valence-electron chi connectivity index (χ2n) is 13.0. The number of fused-ring (bicyclic) bond motifs is 1. The van der Waals surface area contributed by atoms with Gasteiger partial charge < -0.3 is 24.2 Å². The maximum absolute atomic E-state index is 14.0. The molecule has 2 unspecified atom stereocenters. The van der Waals surface area contributed by atoms with Crippen LogP contribution in [0.1, 0.15) is 56.7 Å². The van der Waals surface area contributed by atoms with E-state index in [1.807, 2.05) is 107 Å². The van der Waals surface area contributed by atoms with Crippen molar-refractivity contribution in [3.8, 4) is 17.4 Å². The van der Waals surface area contributed by atoms with Gasteiger partial charge in [-0.15, -0.1) is 0 Å². The number of benzene rings is 3. The van der Waals surface area contributed by atoms with Crippen LogP contribution in [0.25, 0.3) is 16.7 Å². The number of nitrogens with zero attached hydrogens (tertiary/aromatic N) is 4. The molecule has 5 aromatic rings. The second-order valence-corrected chi connectivity index (χ2v) is 13.0. The zero-order valence-corrected chi connectivity index (χ0v) is 27.8. The number of likely N-dealkylation sites (tertiary alicyclic amines) is 1. The van der Waals surface area contributed by atoms with Crippen LogP contribution in [0.4, 0.5) is 4.79 Å². The van der Waals surface area contributed by atoms with Crippen LogP contribution in [-0.4, -0.2) is 55.0 Å². The number of pyridine rings is 1. The number of rotatable bonds is 9. The van der Waals surface area contributed by atoms with Gasteiger partial charge in [-0.2, -0.15) is 4.98 Å². The zero-order chi connectivity index (χ0) is 33.8. The SMILES string of the molecule is CCn1c(=O)n(-c2ccc(OCc3ccccc3)nc2OCc2ccccc2)c2ccc(C3CCN(C(=O)OC(C)(C)C)CC3O)cc21. The smallest absolute Gasteiger partial charge is 0.410 e. The molecule has 3 heterocycles. The first kappa shape index (κ1) is 32.8. The molecule has 1 aliphatic heterocycles. The Morgan fingerprint density at radius 1 is 0.896 bits per heavy atom. The fourth-order valence-corrected chi connectivity index (χ4v) is 6.08. The molecule has 10 heteroatoms. The molecular formula is C38H42N4O6. The highest BCUT2D eigenvalue weighted by Crippen LogP contribution is 2.33. The van der Waals surface area contributed by atoms with E-state index in [9.17, 15) is 14.7 Å². The molecule has 0 radical (unpaired) electrons. The molecule has 250 valence electrons. The minimum absolute atomic E-state index is 0.172. The number of ether oxygens (including phenoxy) is 3. The first-order chi connectivity index (χ1) is 23.1. The van der Waals surface area contributed by atoms with Gasteiger partial charge in [0.05, 0.1) is 23.7 Å². The Labute approximate surface area is 280 Å². The third kappa shape index (κ3) is 7.23. The summed E-state index contributed by atoms with van der Waals surface area (Å²) < 4.78 is 21.1. The fraction of sp³-hybridized carbons (Fsp3) is 0.342. The molecule has 1 saturated heterocycles. The molecule has 0 bridgehead atoms. The average Bonchev–Trinajstić information content (AvgIpc) is 3.36. The Morgan fingerprint density at radius 2 is 1.56 bits per heavy atom. The number of aryl methyl sites for hydroxylation is 1. The topological polar surface area (TPSA) is 108 Å². The first-order valence-electron chi connectivity index (χ1n) is 16.4. The third-order valence-corrected chi connectivity index (χ3v) is 8.43. The van der Waals surface area contributed by atoms with E-state index in [1.165, 1.54) is 0 Å². The lowest BCUT2D eigenvalue weighted by Gasteiger charge is -2.37. The lowest BCUT2D eigenvalue weighted by atomic mass is 9.87. The summed E-state index contributed by atoms with van der Waals surface area (Å²) in [6.07, 6.45) is -0.643. The quantitative estimate of drug-likeness (QED) is 0.195. The number of aliphatic hydroxyl groups is 1. The maximum Gasteiger partial charge on any atom is 0.410 e. The standard InChI is InChI=1S/C38H42N4O6/c1-5-41-32-22-28(29-20-21-40(23-33(29)43)37(45)48-38(2,3)4)16-17-30(32)42(36(41)44)31-18-19-34(46-24-26-12-8-6-9-13-26)39-35(31)47-25-27-14-10-7-11-15-27/h6-19,22,29,33,43H,5,20-21,23-25H2,1-4H3. The summed E-state index contributed by atoms with van der Waals surface area (Å²) >= 11 is 0. The third-order valence-electron chi connectivity index (χ3n) is 8.43. The van der Waals surface area contributed by atoms with Crippen LogP contribution >= 0.6 is 0 Å². The summed E-state index contributed by atoms with van der Waals surface area (Å²) in [6, 6.07) is 29.0. The predicted octanol–water partition coefficient (Wildman–Crippen LogP) is 6.45. The lowest BCUT2D eigenvalue weighted by Crippen LogP contribution is -2.47. The van der Waals surface area contributed by atoms with Gasteiger partial charge in [0.2, 0.25) is 11.8 Å². The highest BCUT2D eigenvalue weighted by Gasteiger charge is 2.34. The summed E-state index contributed by atoms with van der Waals surface area (Å²) in [5.41, 5.74) is 3.96. The summed E-state index contributed by atoms with van der Waals surface area (Å²) in [4.78, 5) is 32.9. The normalized spacial score (nSPS) is 16.6. The Balaban J connectivity index is 1.32. The van der Waals surface area contributed by atoms with Crippen molar-refractivity contribution in [3.05, 3.63) is 118 Å². The van der Waals surface area contributed by atoms with Crippen LogP contribution in [0.5, 0.6) is 11.8 Å². The Morgan fingerprint density at radius 3 is 2.19 bits per heavy atom. The van der Waals surface area contributed by atoms with Crippen LogP contribution < -0.4 is 15.2 Å². The molecule has 3 aromatic carbocycles. The molecule has 1 aliphatic rings. The van der Waals surface area contributed by atoms with Gasteiger partial charge >= 0.3 is 11.8 Å². The number of amides is 1. The summed E-state index contributed by atoms with van der Waals surface area (Å²) in [5, 5.41) is 11.1. The van der Waals surface area contributed by atoms with Gasteiger partial charge in [0, 0.05) is 25.1 Å². The molecular weight excluding hydrogens is 608 g/mol. The van der Waals surface area contributed by atoms with E-state index in [4.69, 9.17) is 19.2 Å². The molecule has 0 spiro atoms. The molecule has 0 saturated carbocycles.